The molecule has 0 aliphatic heterocycles. The van der Waals surface area contributed by atoms with Crippen LogP contribution >= 0.6 is 0 Å². The standard InChI is InChI=1S/C12H20N4O2/c1-8(12(2,3)4)14-9-5-10(15-13)7-11(6-9)16(17)18/h5-8,14-15H,13H2,1-4H3. The van der Waals surface area contributed by atoms with Gasteiger partial charge in [0.2, 0.25) is 0 Å². The van der Waals surface area contributed by atoms with Gasteiger partial charge in [0.25, 0.3) is 5.69 Å². The predicted molar refractivity (Wildman–Crippen MR) is 73.4 cm³/mol. The Kier molecular flexibility index (Phi) is 4.13. The second-order valence-corrected chi connectivity index (χ2v) is 5.40. The van der Waals surface area contributed by atoms with Gasteiger partial charge in [0.15, 0.2) is 0 Å². The van der Waals surface area contributed by atoms with Crippen LogP contribution in [0.3, 0.4) is 0 Å². The minimum absolute atomic E-state index is 0.00839. The van der Waals surface area contributed by atoms with Crippen molar-refractivity contribution >= 4 is 17.1 Å². The van der Waals surface area contributed by atoms with E-state index in [4.69, 9.17) is 5.84 Å². The first kappa shape index (κ1) is 14.2. The summed E-state index contributed by atoms with van der Waals surface area (Å²) in [6.45, 7) is 8.34. The molecule has 100 valence electrons. The number of nitro benzene ring substituents is 1. The first-order valence-electron chi connectivity index (χ1n) is 5.76. The van der Waals surface area contributed by atoms with Crippen molar-refractivity contribution in [3.8, 4) is 0 Å². The molecule has 0 amide bonds. The van der Waals surface area contributed by atoms with Crippen LogP contribution in [0.15, 0.2) is 18.2 Å². The number of nitrogens with two attached hydrogens (primary N) is 1. The summed E-state index contributed by atoms with van der Waals surface area (Å²) in [5, 5.41) is 14.1. The Morgan fingerprint density at radius 3 is 2.28 bits per heavy atom. The highest BCUT2D eigenvalue weighted by Crippen LogP contribution is 2.27. The second-order valence-electron chi connectivity index (χ2n) is 5.40. The van der Waals surface area contributed by atoms with E-state index in [1.54, 1.807) is 6.07 Å². The molecule has 6 nitrogen and oxygen atoms in total. The second kappa shape index (κ2) is 5.22. The van der Waals surface area contributed by atoms with Crippen molar-refractivity contribution in [1.82, 2.24) is 0 Å². The zero-order chi connectivity index (χ0) is 13.9. The average molecular weight is 252 g/mol. The number of nitrogens with one attached hydrogen (secondary N) is 2. The molecule has 1 aromatic carbocycles. The zero-order valence-electron chi connectivity index (χ0n) is 11.2. The van der Waals surface area contributed by atoms with Gasteiger partial charge >= 0.3 is 0 Å². The lowest BCUT2D eigenvalue weighted by atomic mass is 9.88. The Bertz CT molecular complexity index is 440. The lowest BCUT2D eigenvalue weighted by Gasteiger charge is -2.29. The van der Waals surface area contributed by atoms with Gasteiger partial charge in [-0.05, 0) is 18.4 Å². The van der Waals surface area contributed by atoms with Gasteiger partial charge in [0.1, 0.15) is 0 Å². The van der Waals surface area contributed by atoms with E-state index in [0.717, 1.165) is 0 Å². The lowest BCUT2D eigenvalue weighted by Crippen LogP contribution is -2.30. The summed E-state index contributed by atoms with van der Waals surface area (Å²) < 4.78 is 0. The Hall–Kier alpha value is -1.82. The third-order valence-electron chi connectivity index (χ3n) is 2.98. The molecule has 1 atom stereocenters. The maximum Gasteiger partial charge on any atom is 0.273 e. The number of benzene rings is 1. The molecule has 0 spiro atoms. The molecule has 0 fully saturated rings. The van der Waals surface area contributed by atoms with Crippen LogP contribution in [0.5, 0.6) is 0 Å². The summed E-state index contributed by atoms with van der Waals surface area (Å²) in [6.07, 6.45) is 0. The van der Waals surface area contributed by atoms with Crippen LogP contribution in [0.4, 0.5) is 17.1 Å². The molecule has 1 unspecified atom stereocenters. The predicted octanol–water partition coefficient (Wildman–Crippen LogP) is 2.73. The fraction of sp³-hybridized carbons (Fsp3) is 0.500. The Labute approximate surface area is 107 Å². The highest BCUT2D eigenvalue weighted by Gasteiger charge is 2.20. The molecule has 0 aliphatic rings. The molecule has 4 N–H and O–H groups in total. The molecule has 0 saturated carbocycles. The quantitative estimate of drug-likeness (QED) is 0.435. The van der Waals surface area contributed by atoms with Crippen molar-refractivity contribution < 1.29 is 4.92 Å². The number of anilines is 2. The Balaban J connectivity index is 3.02. The van der Waals surface area contributed by atoms with Crippen molar-refractivity contribution in [3.63, 3.8) is 0 Å². The normalized spacial score (nSPS) is 12.9. The van der Waals surface area contributed by atoms with E-state index in [0.29, 0.717) is 11.4 Å². The smallest absolute Gasteiger partial charge is 0.273 e. The van der Waals surface area contributed by atoms with Gasteiger partial charge in [-0.15, -0.1) is 0 Å². The van der Waals surface area contributed by atoms with Gasteiger partial charge in [-0.25, -0.2) is 0 Å². The highest BCUT2D eigenvalue weighted by atomic mass is 16.6. The van der Waals surface area contributed by atoms with Crippen LogP contribution < -0.4 is 16.6 Å². The van der Waals surface area contributed by atoms with Gasteiger partial charge in [0.05, 0.1) is 10.6 Å². The molecule has 18 heavy (non-hydrogen) atoms. The molecule has 0 radical (unpaired) electrons. The van der Waals surface area contributed by atoms with E-state index in [2.05, 4.69) is 31.5 Å². The van der Waals surface area contributed by atoms with Crippen molar-refractivity contribution in [1.29, 1.82) is 0 Å². The number of rotatable bonds is 4. The summed E-state index contributed by atoms with van der Waals surface area (Å²) >= 11 is 0. The number of nitrogen functional groups attached to an aromatic ring is 1. The van der Waals surface area contributed by atoms with Crippen molar-refractivity contribution in [2.24, 2.45) is 11.3 Å². The van der Waals surface area contributed by atoms with Gasteiger partial charge in [0, 0.05) is 23.9 Å². The van der Waals surface area contributed by atoms with Crippen molar-refractivity contribution in [2.75, 3.05) is 10.7 Å². The number of hydrogen-bond acceptors (Lipinski definition) is 5. The fourth-order valence-corrected chi connectivity index (χ4v) is 1.35. The highest BCUT2D eigenvalue weighted by molar-refractivity contribution is 5.63. The SMILES string of the molecule is CC(Nc1cc(NN)cc([N+](=O)[O-])c1)C(C)(C)C. The molecule has 0 saturated heterocycles. The number of non-ortho nitro benzene ring substituents is 1. The molecule has 1 aromatic rings. The molecule has 1 rings (SSSR count). The summed E-state index contributed by atoms with van der Waals surface area (Å²) in [5.74, 6) is 5.30. The van der Waals surface area contributed by atoms with Crippen LogP contribution in [-0.4, -0.2) is 11.0 Å². The molecular weight excluding hydrogens is 232 g/mol. The van der Waals surface area contributed by atoms with Gasteiger partial charge in [-0.1, -0.05) is 20.8 Å². The van der Waals surface area contributed by atoms with Crippen molar-refractivity contribution in [3.05, 3.63) is 28.3 Å². The number of nitrogens with zero attached hydrogens (tertiary/aromatic N) is 1. The summed E-state index contributed by atoms with van der Waals surface area (Å²) in [6, 6.07) is 4.82. The van der Waals surface area contributed by atoms with Gasteiger partial charge in [-0.2, -0.15) is 0 Å². The number of nitro groups is 1. The van der Waals surface area contributed by atoms with Crippen LogP contribution in [0.25, 0.3) is 0 Å². The largest absolute Gasteiger partial charge is 0.382 e. The molecule has 6 heteroatoms. The van der Waals surface area contributed by atoms with Crippen LogP contribution in [0.1, 0.15) is 27.7 Å². The zero-order valence-corrected chi connectivity index (χ0v) is 11.2. The van der Waals surface area contributed by atoms with Crippen molar-refractivity contribution in [2.45, 2.75) is 33.7 Å². The maximum atomic E-state index is 10.8. The minimum atomic E-state index is -0.437. The minimum Gasteiger partial charge on any atom is -0.382 e. The van der Waals surface area contributed by atoms with E-state index in [-0.39, 0.29) is 17.1 Å². The third-order valence-corrected chi connectivity index (χ3v) is 2.98. The lowest BCUT2D eigenvalue weighted by molar-refractivity contribution is -0.384. The van der Waals surface area contributed by atoms with Gasteiger partial charge < -0.3 is 10.7 Å². The summed E-state index contributed by atoms with van der Waals surface area (Å²) in [4.78, 5) is 10.4. The van der Waals surface area contributed by atoms with Crippen LogP contribution in [-0.2, 0) is 0 Å². The monoisotopic (exact) mass is 252 g/mol. The molecule has 0 heterocycles. The summed E-state index contributed by atoms with van der Waals surface area (Å²) in [7, 11) is 0. The fourth-order valence-electron chi connectivity index (χ4n) is 1.35. The first-order chi connectivity index (χ1) is 8.24. The van der Waals surface area contributed by atoms with Gasteiger partial charge in [-0.3, -0.25) is 16.0 Å². The van der Waals surface area contributed by atoms with Crippen LogP contribution in [0.2, 0.25) is 0 Å². The molecule has 0 bridgehead atoms. The van der Waals surface area contributed by atoms with E-state index < -0.39 is 4.92 Å². The van der Waals surface area contributed by atoms with E-state index >= 15 is 0 Å². The Morgan fingerprint density at radius 2 is 1.83 bits per heavy atom. The summed E-state index contributed by atoms with van der Waals surface area (Å²) in [5.41, 5.74) is 3.68. The maximum absolute atomic E-state index is 10.8. The number of hydrogen-bond donors (Lipinski definition) is 3. The van der Waals surface area contributed by atoms with E-state index in [9.17, 15) is 10.1 Å². The average Bonchev–Trinajstić information content (AvgIpc) is 2.27. The third kappa shape index (κ3) is 3.59. The molecular formula is C12H20N4O2. The van der Waals surface area contributed by atoms with Crippen LogP contribution in [0, 0.1) is 15.5 Å². The first-order valence-corrected chi connectivity index (χ1v) is 5.76. The number of hydrazine groups is 1. The topological polar surface area (TPSA) is 93.2 Å². The van der Waals surface area contributed by atoms with E-state index in [1.165, 1.54) is 12.1 Å². The van der Waals surface area contributed by atoms with E-state index in [1.807, 2.05) is 6.92 Å². The Morgan fingerprint density at radius 1 is 1.28 bits per heavy atom. The molecule has 0 aliphatic carbocycles. The molecule has 0 aromatic heterocycles.